The smallest absolute Gasteiger partial charge is 0.322 e. The SMILES string of the molecule is CC(C)N(Cc1nc(C(=O)NCCN(C)C)cs1)C(=O)Nc1ccccc1F. The number of amides is 3. The lowest BCUT2D eigenvalue weighted by Gasteiger charge is -2.26. The number of carbonyl (C=O) groups excluding carboxylic acids is 2. The van der Waals surface area contributed by atoms with Crippen LogP contribution in [0.15, 0.2) is 29.6 Å². The molecule has 0 bridgehead atoms. The first-order valence-electron chi connectivity index (χ1n) is 8.97. The second kappa shape index (κ2) is 10.1. The van der Waals surface area contributed by atoms with Gasteiger partial charge in [-0.15, -0.1) is 11.3 Å². The normalized spacial score (nSPS) is 11.0. The van der Waals surface area contributed by atoms with Crippen LogP contribution >= 0.6 is 11.3 Å². The number of halogens is 1. The monoisotopic (exact) mass is 407 g/mol. The van der Waals surface area contributed by atoms with Crippen LogP contribution < -0.4 is 10.6 Å². The average molecular weight is 408 g/mol. The Morgan fingerprint density at radius 2 is 1.96 bits per heavy atom. The molecule has 0 aliphatic carbocycles. The first-order chi connectivity index (χ1) is 13.3. The van der Waals surface area contributed by atoms with Gasteiger partial charge in [0.25, 0.3) is 5.91 Å². The fourth-order valence-electron chi connectivity index (χ4n) is 2.36. The number of thiazole rings is 1. The van der Waals surface area contributed by atoms with E-state index in [1.807, 2.05) is 32.8 Å². The molecular weight excluding hydrogens is 381 g/mol. The van der Waals surface area contributed by atoms with Crippen LogP contribution in [0.2, 0.25) is 0 Å². The third-order valence-electron chi connectivity index (χ3n) is 3.93. The van der Waals surface area contributed by atoms with Gasteiger partial charge in [0.15, 0.2) is 0 Å². The lowest BCUT2D eigenvalue weighted by molar-refractivity contribution is 0.0946. The van der Waals surface area contributed by atoms with Crippen LogP contribution in [0.1, 0.15) is 29.3 Å². The van der Waals surface area contributed by atoms with E-state index in [2.05, 4.69) is 15.6 Å². The van der Waals surface area contributed by atoms with Gasteiger partial charge in [0.1, 0.15) is 16.5 Å². The van der Waals surface area contributed by atoms with Gasteiger partial charge in [0, 0.05) is 24.5 Å². The molecule has 0 unspecified atom stereocenters. The topological polar surface area (TPSA) is 77.6 Å². The third-order valence-corrected chi connectivity index (χ3v) is 4.77. The van der Waals surface area contributed by atoms with Crippen LogP contribution in [0.3, 0.4) is 0 Å². The summed E-state index contributed by atoms with van der Waals surface area (Å²) in [6.07, 6.45) is 0. The van der Waals surface area contributed by atoms with E-state index >= 15 is 0 Å². The molecule has 0 fully saturated rings. The van der Waals surface area contributed by atoms with Crippen molar-refractivity contribution in [1.29, 1.82) is 0 Å². The highest BCUT2D eigenvalue weighted by Gasteiger charge is 2.21. The van der Waals surface area contributed by atoms with E-state index < -0.39 is 11.8 Å². The molecule has 0 saturated carbocycles. The Labute approximate surface area is 168 Å². The molecule has 28 heavy (non-hydrogen) atoms. The number of urea groups is 1. The maximum atomic E-state index is 13.8. The molecule has 2 N–H and O–H groups in total. The number of aromatic nitrogens is 1. The zero-order valence-corrected chi connectivity index (χ0v) is 17.3. The largest absolute Gasteiger partial charge is 0.349 e. The molecule has 3 amide bonds. The molecule has 2 aromatic rings. The molecule has 0 spiro atoms. The Balaban J connectivity index is 2.00. The molecule has 0 radical (unpaired) electrons. The minimum absolute atomic E-state index is 0.123. The van der Waals surface area contributed by atoms with Gasteiger partial charge in [-0.05, 0) is 40.1 Å². The fourth-order valence-corrected chi connectivity index (χ4v) is 3.13. The Bertz CT molecular complexity index is 809. The quantitative estimate of drug-likeness (QED) is 0.705. The summed E-state index contributed by atoms with van der Waals surface area (Å²) in [4.78, 5) is 32.6. The first-order valence-corrected chi connectivity index (χ1v) is 9.85. The molecule has 0 aliphatic heterocycles. The minimum Gasteiger partial charge on any atom is -0.349 e. The van der Waals surface area contributed by atoms with E-state index in [0.717, 1.165) is 6.54 Å². The van der Waals surface area contributed by atoms with Crippen LogP contribution in [0.5, 0.6) is 0 Å². The summed E-state index contributed by atoms with van der Waals surface area (Å²) in [5.74, 6) is -0.734. The molecule has 0 atom stereocenters. The van der Waals surface area contributed by atoms with Crippen molar-refractivity contribution in [3.63, 3.8) is 0 Å². The number of benzene rings is 1. The number of para-hydroxylation sites is 1. The molecule has 9 heteroatoms. The molecule has 7 nitrogen and oxygen atoms in total. The molecule has 1 aromatic carbocycles. The van der Waals surface area contributed by atoms with Crippen molar-refractivity contribution in [3.8, 4) is 0 Å². The van der Waals surface area contributed by atoms with E-state index in [-0.39, 0.29) is 24.2 Å². The van der Waals surface area contributed by atoms with Gasteiger partial charge in [0.2, 0.25) is 0 Å². The van der Waals surface area contributed by atoms with Crippen LogP contribution in [0.4, 0.5) is 14.9 Å². The second-order valence-corrected chi connectivity index (χ2v) is 7.76. The summed E-state index contributed by atoms with van der Waals surface area (Å²) in [7, 11) is 3.86. The summed E-state index contributed by atoms with van der Waals surface area (Å²) < 4.78 is 13.8. The molecule has 0 saturated heterocycles. The van der Waals surface area contributed by atoms with E-state index in [1.165, 1.54) is 23.5 Å². The van der Waals surface area contributed by atoms with E-state index in [4.69, 9.17) is 0 Å². The molecule has 152 valence electrons. The molecule has 1 heterocycles. The number of nitrogens with zero attached hydrogens (tertiary/aromatic N) is 3. The third kappa shape index (κ3) is 6.28. The van der Waals surface area contributed by atoms with Crippen molar-refractivity contribution < 1.29 is 14.0 Å². The van der Waals surface area contributed by atoms with Crippen molar-refractivity contribution >= 4 is 29.0 Å². The summed E-state index contributed by atoms with van der Waals surface area (Å²) in [5, 5.41) is 7.70. The zero-order chi connectivity index (χ0) is 20.7. The van der Waals surface area contributed by atoms with Crippen molar-refractivity contribution in [2.75, 3.05) is 32.5 Å². The van der Waals surface area contributed by atoms with Gasteiger partial charge in [-0.3, -0.25) is 4.79 Å². The fraction of sp³-hybridized carbons (Fsp3) is 0.421. The highest BCUT2D eigenvalue weighted by atomic mass is 32.1. The van der Waals surface area contributed by atoms with Crippen molar-refractivity contribution in [3.05, 3.63) is 46.2 Å². The van der Waals surface area contributed by atoms with Crippen LogP contribution in [0.25, 0.3) is 0 Å². The van der Waals surface area contributed by atoms with E-state index in [9.17, 15) is 14.0 Å². The standard InChI is InChI=1S/C19H26FN5O2S/c1-13(2)25(19(27)23-15-8-6-5-7-14(15)20)11-17-22-16(12-28-17)18(26)21-9-10-24(3)4/h5-8,12-13H,9-11H2,1-4H3,(H,21,26)(H,23,27). The molecule has 2 rings (SSSR count). The highest BCUT2D eigenvalue weighted by molar-refractivity contribution is 7.09. The Kier molecular flexibility index (Phi) is 7.89. The van der Waals surface area contributed by atoms with Gasteiger partial charge in [-0.1, -0.05) is 12.1 Å². The van der Waals surface area contributed by atoms with Crippen molar-refractivity contribution in [2.24, 2.45) is 0 Å². The Morgan fingerprint density at radius 1 is 1.25 bits per heavy atom. The summed E-state index contributed by atoms with van der Waals surface area (Å²) in [6.45, 7) is 5.22. The number of carbonyl (C=O) groups is 2. The maximum Gasteiger partial charge on any atom is 0.322 e. The lowest BCUT2D eigenvalue weighted by Crippen LogP contribution is -2.39. The molecule has 0 aliphatic rings. The second-order valence-electron chi connectivity index (χ2n) is 6.82. The number of likely N-dealkylation sites (N-methyl/N-ethyl adjacent to an activating group) is 1. The van der Waals surface area contributed by atoms with Gasteiger partial charge >= 0.3 is 6.03 Å². The predicted molar refractivity (Wildman–Crippen MR) is 109 cm³/mol. The Morgan fingerprint density at radius 3 is 2.61 bits per heavy atom. The molecule has 1 aromatic heterocycles. The minimum atomic E-state index is -0.495. The van der Waals surface area contributed by atoms with Crippen LogP contribution in [-0.2, 0) is 6.54 Å². The molecular formula is C19H26FN5O2S. The van der Waals surface area contributed by atoms with Gasteiger partial charge in [-0.25, -0.2) is 14.2 Å². The average Bonchev–Trinajstić information content (AvgIpc) is 3.09. The van der Waals surface area contributed by atoms with Crippen LogP contribution in [0, 0.1) is 5.82 Å². The Hall–Kier alpha value is -2.52. The maximum absolute atomic E-state index is 13.8. The number of hydrogen-bond donors (Lipinski definition) is 2. The lowest BCUT2D eigenvalue weighted by atomic mass is 10.3. The van der Waals surface area contributed by atoms with Crippen molar-refractivity contribution in [2.45, 2.75) is 26.4 Å². The number of rotatable bonds is 8. The highest BCUT2D eigenvalue weighted by Crippen LogP contribution is 2.17. The number of anilines is 1. The van der Waals surface area contributed by atoms with E-state index in [1.54, 1.807) is 22.4 Å². The van der Waals surface area contributed by atoms with Gasteiger partial charge in [0.05, 0.1) is 12.2 Å². The van der Waals surface area contributed by atoms with Gasteiger partial charge in [-0.2, -0.15) is 0 Å². The van der Waals surface area contributed by atoms with E-state index in [0.29, 0.717) is 17.2 Å². The summed E-state index contributed by atoms with van der Waals surface area (Å²) in [5.41, 5.74) is 0.454. The van der Waals surface area contributed by atoms with Gasteiger partial charge < -0.3 is 20.4 Å². The van der Waals surface area contributed by atoms with Crippen molar-refractivity contribution in [1.82, 2.24) is 20.1 Å². The predicted octanol–water partition coefficient (Wildman–Crippen LogP) is 3.02. The first kappa shape index (κ1) is 21.8. The zero-order valence-electron chi connectivity index (χ0n) is 16.5. The summed E-state index contributed by atoms with van der Waals surface area (Å²) >= 11 is 1.31. The number of nitrogens with one attached hydrogen (secondary N) is 2. The number of hydrogen-bond acceptors (Lipinski definition) is 5. The summed E-state index contributed by atoms with van der Waals surface area (Å²) in [6, 6.07) is 5.45. The van der Waals surface area contributed by atoms with Crippen LogP contribution in [-0.4, -0.2) is 59.9 Å².